The number of carbonyl (C=O) groups excluding carboxylic acids is 1. The van der Waals surface area contributed by atoms with Crippen LogP contribution in [0, 0.1) is 5.92 Å². The van der Waals surface area contributed by atoms with Crippen LogP contribution in [0.4, 0.5) is 4.79 Å². The number of hydrogen-bond acceptors (Lipinski definition) is 3. The Morgan fingerprint density at radius 1 is 1.19 bits per heavy atom. The molecule has 116 valence electrons. The average molecular weight is 294 g/mol. The van der Waals surface area contributed by atoms with Crippen LogP contribution in [0.15, 0.2) is 24.3 Å². The van der Waals surface area contributed by atoms with Crippen molar-refractivity contribution in [2.24, 2.45) is 5.92 Å². The van der Waals surface area contributed by atoms with Crippen LogP contribution in [0.1, 0.15) is 29.8 Å². The topological polar surface area (TPSA) is 87.7 Å². The average Bonchev–Trinajstić information content (AvgIpc) is 2.44. The SMILES string of the molecule is CC(C)COCCNC(=O)NCc1ccc(C(=O)O)cc1. The fourth-order valence-corrected chi connectivity index (χ4v) is 1.57. The number of aromatic carboxylic acids is 1. The normalized spacial score (nSPS) is 10.4. The number of nitrogens with one attached hydrogen (secondary N) is 2. The molecule has 1 aromatic carbocycles. The molecule has 0 aliphatic carbocycles. The van der Waals surface area contributed by atoms with Crippen molar-refractivity contribution in [2.45, 2.75) is 20.4 Å². The number of ether oxygens (including phenoxy) is 1. The molecule has 6 nitrogen and oxygen atoms in total. The van der Waals surface area contributed by atoms with Crippen LogP contribution in [0.3, 0.4) is 0 Å². The Balaban J connectivity index is 2.19. The van der Waals surface area contributed by atoms with Crippen molar-refractivity contribution < 1.29 is 19.4 Å². The Bertz CT molecular complexity index is 457. The van der Waals surface area contributed by atoms with Crippen molar-refractivity contribution in [3.05, 3.63) is 35.4 Å². The van der Waals surface area contributed by atoms with Crippen LogP contribution >= 0.6 is 0 Å². The maximum Gasteiger partial charge on any atom is 0.335 e. The summed E-state index contributed by atoms with van der Waals surface area (Å²) in [5.41, 5.74) is 1.07. The molecular formula is C15H22N2O4. The van der Waals surface area contributed by atoms with E-state index in [2.05, 4.69) is 24.5 Å². The van der Waals surface area contributed by atoms with Crippen molar-refractivity contribution in [1.29, 1.82) is 0 Å². The number of carbonyl (C=O) groups is 2. The number of carboxylic acids is 1. The van der Waals surface area contributed by atoms with Gasteiger partial charge in [-0.25, -0.2) is 9.59 Å². The lowest BCUT2D eigenvalue weighted by Crippen LogP contribution is -2.37. The molecule has 0 aliphatic rings. The summed E-state index contributed by atoms with van der Waals surface area (Å²) < 4.78 is 5.35. The first-order valence-electron chi connectivity index (χ1n) is 6.90. The largest absolute Gasteiger partial charge is 0.478 e. The zero-order chi connectivity index (χ0) is 15.7. The fourth-order valence-electron chi connectivity index (χ4n) is 1.57. The summed E-state index contributed by atoms with van der Waals surface area (Å²) in [5, 5.41) is 14.2. The molecule has 21 heavy (non-hydrogen) atoms. The van der Waals surface area contributed by atoms with Gasteiger partial charge in [-0.05, 0) is 23.6 Å². The van der Waals surface area contributed by atoms with Gasteiger partial charge < -0.3 is 20.5 Å². The minimum Gasteiger partial charge on any atom is -0.478 e. The molecule has 0 radical (unpaired) electrons. The minimum atomic E-state index is -0.964. The summed E-state index contributed by atoms with van der Waals surface area (Å²) >= 11 is 0. The summed E-state index contributed by atoms with van der Waals surface area (Å²) in [6, 6.07) is 6.10. The van der Waals surface area contributed by atoms with E-state index in [1.54, 1.807) is 12.1 Å². The second-order valence-electron chi connectivity index (χ2n) is 5.08. The Morgan fingerprint density at radius 2 is 1.86 bits per heavy atom. The Kier molecular flexibility index (Phi) is 7.25. The molecule has 0 heterocycles. The summed E-state index contributed by atoms with van der Waals surface area (Å²) in [7, 11) is 0. The number of amides is 2. The summed E-state index contributed by atoms with van der Waals surface area (Å²) in [6.07, 6.45) is 0. The van der Waals surface area contributed by atoms with Crippen molar-refractivity contribution >= 4 is 12.0 Å². The van der Waals surface area contributed by atoms with Crippen LogP contribution < -0.4 is 10.6 Å². The van der Waals surface area contributed by atoms with Gasteiger partial charge in [-0.15, -0.1) is 0 Å². The van der Waals surface area contributed by atoms with Gasteiger partial charge in [0, 0.05) is 19.7 Å². The van der Waals surface area contributed by atoms with Gasteiger partial charge in [0.05, 0.1) is 12.2 Å². The van der Waals surface area contributed by atoms with Crippen molar-refractivity contribution in [3.8, 4) is 0 Å². The van der Waals surface area contributed by atoms with E-state index in [4.69, 9.17) is 9.84 Å². The lowest BCUT2D eigenvalue weighted by molar-refractivity contribution is 0.0697. The number of carboxylic acid groups (broad SMARTS) is 1. The maximum atomic E-state index is 11.5. The van der Waals surface area contributed by atoms with E-state index in [0.29, 0.717) is 32.2 Å². The summed E-state index contributed by atoms with van der Waals surface area (Å²) in [5.74, 6) is -0.485. The maximum absolute atomic E-state index is 11.5. The van der Waals surface area contributed by atoms with Gasteiger partial charge in [-0.1, -0.05) is 26.0 Å². The fraction of sp³-hybridized carbons (Fsp3) is 0.467. The predicted molar refractivity (Wildman–Crippen MR) is 79.3 cm³/mol. The third-order valence-electron chi connectivity index (χ3n) is 2.64. The molecule has 2 amide bonds. The molecule has 0 fully saturated rings. The van der Waals surface area contributed by atoms with Crippen molar-refractivity contribution in [2.75, 3.05) is 19.8 Å². The lowest BCUT2D eigenvalue weighted by Gasteiger charge is -2.09. The predicted octanol–water partition coefficient (Wildman–Crippen LogP) is 1.86. The number of urea groups is 1. The van der Waals surface area contributed by atoms with Crippen LogP contribution in [-0.2, 0) is 11.3 Å². The molecule has 0 spiro atoms. The quantitative estimate of drug-likeness (QED) is 0.639. The molecule has 1 rings (SSSR count). The Hall–Kier alpha value is -2.08. The molecule has 0 atom stereocenters. The molecular weight excluding hydrogens is 272 g/mol. The van der Waals surface area contributed by atoms with Gasteiger partial charge >= 0.3 is 12.0 Å². The zero-order valence-corrected chi connectivity index (χ0v) is 12.4. The van der Waals surface area contributed by atoms with Gasteiger partial charge in [-0.2, -0.15) is 0 Å². The molecule has 6 heteroatoms. The highest BCUT2D eigenvalue weighted by Crippen LogP contribution is 2.04. The van der Waals surface area contributed by atoms with Gasteiger partial charge in [0.15, 0.2) is 0 Å². The Labute approximate surface area is 124 Å². The van der Waals surface area contributed by atoms with E-state index in [1.807, 2.05) is 0 Å². The molecule has 1 aromatic rings. The van der Waals surface area contributed by atoms with Crippen LogP contribution in [-0.4, -0.2) is 36.9 Å². The highest BCUT2D eigenvalue weighted by molar-refractivity contribution is 5.87. The molecule has 0 bridgehead atoms. The highest BCUT2D eigenvalue weighted by Gasteiger charge is 2.03. The van der Waals surface area contributed by atoms with E-state index in [-0.39, 0.29) is 11.6 Å². The standard InChI is InChI=1S/C15H22N2O4/c1-11(2)10-21-8-7-16-15(20)17-9-12-3-5-13(6-4-12)14(18)19/h3-6,11H,7-10H2,1-2H3,(H,18,19)(H2,16,17,20). The first kappa shape index (κ1) is 17.0. The molecule has 0 aromatic heterocycles. The van der Waals surface area contributed by atoms with E-state index < -0.39 is 5.97 Å². The van der Waals surface area contributed by atoms with E-state index in [9.17, 15) is 9.59 Å². The van der Waals surface area contributed by atoms with Crippen LogP contribution in [0.5, 0.6) is 0 Å². The highest BCUT2D eigenvalue weighted by atomic mass is 16.5. The van der Waals surface area contributed by atoms with Gasteiger partial charge in [0.2, 0.25) is 0 Å². The molecule has 0 saturated heterocycles. The first-order chi connectivity index (χ1) is 9.99. The zero-order valence-electron chi connectivity index (χ0n) is 12.4. The molecule has 0 aliphatic heterocycles. The molecule has 3 N–H and O–H groups in total. The number of hydrogen-bond donors (Lipinski definition) is 3. The number of rotatable bonds is 8. The van der Waals surface area contributed by atoms with Gasteiger partial charge in [-0.3, -0.25) is 0 Å². The minimum absolute atomic E-state index is 0.227. The third-order valence-corrected chi connectivity index (χ3v) is 2.64. The third kappa shape index (κ3) is 7.31. The molecule has 0 saturated carbocycles. The second-order valence-corrected chi connectivity index (χ2v) is 5.08. The van der Waals surface area contributed by atoms with E-state index in [1.165, 1.54) is 12.1 Å². The monoisotopic (exact) mass is 294 g/mol. The smallest absolute Gasteiger partial charge is 0.335 e. The van der Waals surface area contributed by atoms with Gasteiger partial charge in [0.1, 0.15) is 0 Å². The van der Waals surface area contributed by atoms with Crippen molar-refractivity contribution in [3.63, 3.8) is 0 Å². The van der Waals surface area contributed by atoms with Crippen LogP contribution in [0.2, 0.25) is 0 Å². The molecule has 0 unspecified atom stereocenters. The first-order valence-corrected chi connectivity index (χ1v) is 6.90. The second kappa shape index (κ2) is 8.97. The van der Waals surface area contributed by atoms with E-state index in [0.717, 1.165) is 5.56 Å². The van der Waals surface area contributed by atoms with Gasteiger partial charge in [0.25, 0.3) is 0 Å². The summed E-state index contributed by atoms with van der Waals surface area (Å²) in [4.78, 5) is 22.2. The van der Waals surface area contributed by atoms with E-state index >= 15 is 0 Å². The number of benzene rings is 1. The lowest BCUT2D eigenvalue weighted by atomic mass is 10.1. The van der Waals surface area contributed by atoms with Crippen molar-refractivity contribution in [1.82, 2.24) is 10.6 Å². The Morgan fingerprint density at radius 3 is 2.43 bits per heavy atom. The van der Waals surface area contributed by atoms with Crippen LogP contribution in [0.25, 0.3) is 0 Å². The summed E-state index contributed by atoms with van der Waals surface area (Å²) in [6.45, 7) is 6.10.